The van der Waals surface area contributed by atoms with Gasteiger partial charge in [0.15, 0.2) is 5.69 Å². The summed E-state index contributed by atoms with van der Waals surface area (Å²) in [6.07, 6.45) is 4.19. The maximum atomic E-state index is 13.9. The maximum absolute atomic E-state index is 13.9. The van der Waals surface area contributed by atoms with Crippen molar-refractivity contribution in [1.29, 1.82) is 0 Å². The van der Waals surface area contributed by atoms with Gasteiger partial charge in [-0.2, -0.15) is 5.10 Å². The Morgan fingerprint density at radius 2 is 1.73 bits per heavy atom. The summed E-state index contributed by atoms with van der Waals surface area (Å²) in [6.45, 7) is 1.74. The number of carbonyl (C=O) groups is 2. The fourth-order valence-electron chi connectivity index (χ4n) is 7.90. The first-order valence-corrected chi connectivity index (χ1v) is 13.8. The van der Waals surface area contributed by atoms with Gasteiger partial charge in [0, 0.05) is 12.1 Å². The fourth-order valence-corrected chi connectivity index (χ4v) is 7.90. The molecule has 2 N–H and O–H groups in total. The minimum absolute atomic E-state index is 0.0608. The van der Waals surface area contributed by atoms with Gasteiger partial charge in [-0.1, -0.05) is 6.07 Å². The monoisotopic (exact) mass is 560 g/mol. The summed E-state index contributed by atoms with van der Waals surface area (Å²) in [7, 11) is 3.06. The topological polar surface area (TPSA) is 146 Å². The number of aryl methyl sites for hydroxylation is 1. The van der Waals surface area contributed by atoms with Gasteiger partial charge < -0.3 is 19.9 Å². The highest BCUT2D eigenvalue weighted by atomic mass is 16.6. The third-order valence-corrected chi connectivity index (χ3v) is 9.19. The normalized spacial score (nSPS) is 26.0. The molecule has 4 bridgehead atoms. The predicted molar refractivity (Wildman–Crippen MR) is 148 cm³/mol. The fraction of sp³-hybridized carbons (Fsp3) is 0.433. The Hall–Kier alpha value is -4.41. The molecule has 41 heavy (non-hydrogen) atoms. The van der Waals surface area contributed by atoms with Crippen LogP contribution in [0.2, 0.25) is 0 Å². The summed E-state index contributed by atoms with van der Waals surface area (Å²) >= 11 is 0. The lowest BCUT2D eigenvalue weighted by molar-refractivity contribution is -0.384. The minimum Gasteiger partial charge on any atom is -0.496 e. The van der Waals surface area contributed by atoms with Gasteiger partial charge in [0.2, 0.25) is 0 Å². The summed E-state index contributed by atoms with van der Waals surface area (Å²) < 4.78 is 12.8. The van der Waals surface area contributed by atoms with Gasteiger partial charge in [-0.3, -0.25) is 19.7 Å². The van der Waals surface area contributed by atoms with Gasteiger partial charge in [0.25, 0.3) is 11.6 Å². The standard InChI is InChI=1S/C30H32N4O7/c1-16-9-20(34(38)39)7-8-22(16)33-23(26-24(40-2)5-4-6-25(26)41-3)13-21(32-33)28(35)31-30-14-17-10-18(15-30)12-19(11-17)27(30)29(36)37/h4-9,13,17-19,27H,10-12,14-15H2,1-3H3,(H,31,35)(H,36,37). The molecule has 4 fully saturated rings. The Labute approximate surface area is 236 Å². The van der Waals surface area contributed by atoms with Crippen LogP contribution >= 0.6 is 0 Å². The third-order valence-electron chi connectivity index (χ3n) is 9.19. The number of non-ortho nitro benzene ring substituents is 1. The molecule has 0 spiro atoms. The predicted octanol–water partition coefficient (Wildman–Crippen LogP) is 4.78. The van der Waals surface area contributed by atoms with Crippen molar-refractivity contribution in [3.05, 3.63) is 63.8 Å². The Bertz CT molecular complexity index is 1530. The molecule has 1 aromatic heterocycles. The first-order chi connectivity index (χ1) is 19.6. The van der Waals surface area contributed by atoms with Crippen molar-refractivity contribution in [2.75, 3.05) is 14.2 Å². The van der Waals surface area contributed by atoms with Crippen LogP contribution in [-0.4, -0.2) is 51.4 Å². The molecule has 4 aliphatic carbocycles. The second kappa shape index (κ2) is 9.90. The highest BCUT2D eigenvalue weighted by Crippen LogP contribution is 2.58. The molecule has 214 valence electrons. The number of carboxylic acid groups (broad SMARTS) is 1. The van der Waals surface area contributed by atoms with E-state index >= 15 is 0 Å². The average Bonchev–Trinajstić information content (AvgIpc) is 3.36. The molecule has 1 amide bonds. The van der Waals surface area contributed by atoms with Crippen molar-refractivity contribution in [3.63, 3.8) is 0 Å². The van der Waals surface area contributed by atoms with Crippen molar-refractivity contribution in [2.45, 2.75) is 44.6 Å². The molecule has 7 rings (SSSR count). The van der Waals surface area contributed by atoms with Gasteiger partial charge in [0.05, 0.1) is 47.5 Å². The zero-order chi connectivity index (χ0) is 29.1. The Kier molecular flexibility index (Phi) is 6.47. The first-order valence-electron chi connectivity index (χ1n) is 13.8. The molecule has 3 aromatic rings. The number of rotatable bonds is 8. The molecule has 4 saturated carbocycles. The van der Waals surface area contributed by atoms with Gasteiger partial charge in [-0.05, 0) is 86.6 Å². The Balaban J connectivity index is 1.46. The van der Waals surface area contributed by atoms with Gasteiger partial charge >= 0.3 is 5.97 Å². The summed E-state index contributed by atoms with van der Waals surface area (Å²) in [5.74, 6) is -0.0747. The van der Waals surface area contributed by atoms with Crippen LogP contribution in [-0.2, 0) is 4.79 Å². The number of nitro benzene ring substituents is 1. The van der Waals surface area contributed by atoms with E-state index in [9.17, 15) is 24.8 Å². The molecule has 11 nitrogen and oxygen atoms in total. The zero-order valence-electron chi connectivity index (χ0n) is 23.1. The van der Waals surface area contributed by atoms with Crippen LogP contribution in [0.25, 0.3) is 16.9 Å². The number of aromatic nitrogens is 2. The van der Waals surface area contributed by atoms with Crippen LogP contribution < -0.4 is 14.8 Å². The van der Waals surface area contributed by atoms with E-state index in [-0.39, 0.29) is 17.3 Å². The SMILES string of the molecule is COc1cccc(OC)c1-c1cc(C(=O)NC23CC4CC(CC(C4)C2C(=O)O)C3)nn1-c1ccc([N+](=O)[O-])cc1C. The third kappa shape index (κ3) is 4.39. The van der Waals surface area contributed by atoms with E-state index in [2.05, 4.69) is 10.4 Å². The van der Waals surface area contributed by atoms with Crippen LogP contribution in [0.5, 0.6) is 11.5 Å². The first kappa shape index (κ1) is 26.8. The van der Waals surface area contributed by atoms with E-state index < -0.39 is 28.3 Å². The molecule has 11 heteroatoms. The van der Waals surface area contributed by atoms with Crippen LogP contribution in [0.1, 0.15) is 48.2 Å². The number of carboxylic acids is 1. The molecule has 1 heterocycles. The van der Waals surface area contributed by atoms with Crippen molar-refractivity contribution in [2.24, 2.45) is 23.7 Å². The molecule has 3 unspecified atom stereocenters. The molecular formula is C30H32N4O7. The number of amides is 1. The largest absolute Gasteiger partial charge is 0.496 e. The summed E-state index contributed by atoms with van der Waals surface area (Å²) in [5, 5.41) is 29.4. The molecule has 2 aromatic carbocycles. The molecule has 0 radical (unpaired) electrons. The number of nitrogens with zero attached hydrogens (tertiary/aromatic N) is 3. The van der Waals surface area contributed by atoms with Gasteiger partial charge in [0.1, 0.15) is 11.5 Å². The maximum Gasteiger partial charge on any atom is 0.309 e. The van der Waals surface area contributed by atoms with Crippen molar-refractivity contribution in [1.82, 2.24) is 15.1 Å². The summed E-state index contributed by atoms with van der Waals surface area (Å²) in [4.78, 5) is 37.3. The highest BCUT2D eigenvalue weighted by Gasteiger charge is 2.60. The van der Waals surface area contributed by atoms with E-state index in [0.717, 1.165) is 19.3 Å². The number of hydrogen-bond donors (Lipinski definition) is 2. The molecular weight excluding hydrogens is 528 g/mol. The van der Waals surface area contributed by atoms with E-state index in [1.807, 2.05) is 0 Å². The van der Waals surface area contributed by atoms with Gasteiger partial charge in [-0.15, -0.1) is 0 Å². The van der Waals surface area contributed by atoms with Crippen LogP contribution in [0.4, 0.5) is 5.69 Å². The summed E-state index contributed by atoms with van der Waals surface area (Å²) in [5.41, 5.74) is 1.39. The number of nitro groups is 1. The molecule has 3 atom stereocenters. The average molecular weight is 561 g/mol. The summed E-state index contributed by atoms with van der Waals surface area (Å²) in [6, 6.07) is 11.4. The number of benzene rings is 2. The smallest absolute Gasteiger partial charge is 0.309 e. The number of hydrogen-bond acceptors (Lipinski definition) is 7. The second-order valence-electron chi connectivity index (χ2n) is 11.6. The van der Waals surface area contributed by atoms with E-state index in [1.165, 1.54) is 26.4 Å². The zero-order valence-corrected chi connectivity index (χ0v) is 23.1. The number of aliphatic carboxylic acids is 1. The van der Waals surface area contributed by atoms with Crippen molar-refractivity contribution in [3.8, 4) is 28.4 Å². The lowest BCUT2D eigenvalue weighted by Gasteiger charge is -2.59. The number of ether oxygens (including phenoxy) is 2. The van der Waals surface area contributed by atoms with Gasteiger partial charge in [-0.25, -0.2) is 4.68 Å². The second-order valence-corrected chi connectivity index (χ2v) is 11.6. The lowest BCUT2D eigenvalue weighted by Crippen LogP contribution is -2.67. The van der Waals surface area contributed by atoms with E-state index in [1.54, 1.807) is 41.9 Å². The highest BCUT2D eigenvalue weighted by molar-refractivity contribution is 5.95. The number of nitrogens with one attached hydrogen (secondary N) is 1. The minimum atomic E-state index is -0.861. The molecule has 0 saturated heterocycles. The van der Waals surface area contributed by atoms with Crippen LogP contribution in [0.3, 0.4) is 0 Å². The van der Waals surface area contributed by atoms with Crippen LogP contribution in [0, 0.1) is 40.7 Å². The molecule has 4 aliphatic rings. The van der Waals surface area contributed by atoms with Crippen LogP contribution in [0.15, 0.2) is 42.5 Å². The van der Waals surface area contributed by atoms with Crippen molar-refractivity contribution >= 4 is 17.6 Å². The van der Waals surface area contributed by atoms with E-state index in [0.29, 0.717) is 58.7 Å². The Morgan fingerprint density at radius 1 is 1.07 bits per heavy atom. The number of carbonyl (C=O) groups excluding carboxylic acids is 1. The van der Waals surface area contributed by atoms with Crippen molar-refractivity contribution < 1.29 is 29.1 Å². The van der Waals surface area contributed by atoms with E-state index in [4.69, 9.17) is 9.47 Å². The quantitative estimate of drug-likeness (QED) is 0.296. The Morgan fingerprint density at radius 3 is 2.29 bits per heavy atom. The number of methoxy groups -OCH3 is 2. The molecule has 0 aliphatic heterocycles. The lowest BCUT2D eigenvalue weighted by atomic mass is 9.48.